The van der Waals surface area contributed by atoms with E-state index in [1.807, 2.05) is 25.1 Å². The number of nitrogens with zero attached hydrogens (tertiary/aromatic N) is 4. The first-order chi connectivity index (χ1) is 16.3. The van der Waals surface area contributed by atoms with Crippen molar-refractivity contribution in [1.29, 1.82) is 0 Å². The van der Waals surface area contributed by atoms with Crippen LogP contribution in [-0.4, -0.2) is 25.1 Å². The van der Waals surface area contributed by atoms with E-state index >= 15 is 0 Å². The van der Waals surface area contributed by atoms with Gasteiger partial charge in [-0.1, -0.05) is 29.8 Å². The minimum absolute atomic E-state index is 0.0803. The molecule has 5 rings (SSSR count). The molecule has 0 spiro atoms. The van der Waals surface area contributed by atoms with E-state index in [1.165, 1.54) is 9.08 Å². The standard InChI is InChI=1S/C24H16ClF2N5O2/c1-13-5-8-19-20(9-13)31(12-14-3-2-4-15(25)10-14)24(34)22-29-21(30-32(19)22)23(33)28-18-11-16(26)6-7-17(18)27/h2-11H,12H2,1H3,(H,28,33). The van der Waals surface area contributed by atoms with Gasteiger partial charge in [-0.25, -0.2) is 13.3 Å². The summed E-state index contributed by atoms with van der Waals surface area (Å²) in [5, 5.41) is 6.97. The molecule has 1 N–H and O–H groups in total. The minimum atomic E-state index is -0.880. The van der Waals surface area contributed by atoms with Crippen LogP contribution in [0.2, 0.25) is 5.02 Å². The number of aromatic nitrogens is 4. The van der Waals surface area contributed by atoms with Gasteiger partial charge < -0.3 is 5.32 Å². The van der Waals surface area contributed by atoms with Crippen LogP contribution in [0.5, 0.6) is 0 Å². The minimum Gasteiger partial charge on any atom is -0.317 e. The summed E-state index contributed by atoms with van der Waals surface area (Å²) in [4.78, 5) is 30.2. The van der Waals surface area contributed by atoms with Crippen LogP contribution in [0.15, 0.2) is 65.5 Å². The van der Waals surface area contributed by atoms with E-state index in [-0.39, 0.29) is 23.7 Å². The van der Waals surface area contributed by atoms with E-state index in [9.17, 15) is 18.4 Å². The molecular weight excluding hydrogens is 464 g/mol. The Morgan fingerprint density at radius 2 is 1.88 bits per heavy atom. The predicted molar refractivity (Wildman–Crippen MR) is 124 cm³/mol. The van der Waals surface area contributed by atoms with Crippen molar-refractivity contribution in [1.82, 2.24) is 19.2 Å². The summed E-state index contributed by atoms with van der Waals surface area (Å²) in [7, 11) is 0. The number of carbonyl (C=O) groups excluding carboxylic acids is 1. The van der Waals surface area contributed by atoms with Gasteiger partial charge in [0.15, 0.2) is 0 Å². The van der Waals surface area contributed by atoms with E-state index in [1.54, 1.807) is 24.3 Å². The van der Waals surface area contributed by atoms with Crippen molar-refractivity contribution < 1.29 is 13.6 Å². The van der Waals surface area contributed by atoms with Gasteiger partial charge in [-0.15, -0.1) is 5.10 Å². The maximum atomic E-state index is 14.0. The maximum Gasteiger partial charge on any atom is 0.296 e. The zero-order chi connectivity index (χ0) is 24.0. The Kier molecular flexibility index (Phi) is 5.33. The Bertz CT molecular complexity index is 1660. The van der Waals surface area contributed by atoms with Gasteiger partial charge in [0.05, 0.1) is 23.3 Å². The molecule has 10 heteroatoms. The molecule has 0 aliphatic carbocycles. The SMILES string of the molecule is Cc1ccc2c(c1)n(Cc1cccc(Cl)c1)c(=O)c1nc(C(=O)Nc3cc(F)ccc3F)nn12. The molecule has 7 nitrogen and oxygen atoms in total. The lowest BCUT2D eigenvalue weighted by atomic mass is 10.2. The van der Waals surface area contributed by atoms with Crippen LogP contribution in [0.4, 0.5) is 14.5 Å². The number of amides is 1. The van der Waals surface area contributed by atoms with Crippen LogP contribution < -0.4 is 10.9 Å². The largest absolute Gasteiger partial charge is 0.317 e. The van der Waals surface area contributed by atoms with Crippen LogP contribution in [0.25, 0.3) is 16.7 Å². The van der Waals surface area contributed by atoms with E-state index in [2.05, 4.69) is 15.4 Å². The van der Waals surface area contributed by atoms with Crippen molar-refractivity contribution in [3.63, 3.8) is 0 Å². The number of rotatable bonds is 4. The average Bonchev–Trinajstić information content (AvgIpc) is 3.25. The smallest absolute Gasteiger partial charge is 0.296 e. The second-order valence-corrected chi connectivity index (χ2v) is 8.20. The highest BCUT2D eigenvalue weighted by Crippen LogP contribution is 2.20. The van der Waals surface area contributed by atoms with Gasteiger partial charge in [0.2, 0.25) is 11.5 Å². The maximum absolute atomic E-state index is 14.0. The molecule has 0 saturated carbocycles. The molecule has 170 valence electrons. The number of hydrogen-bond donors (Lipinski definition) is 1. The molecule has 0 unspecified atom stereocenters. The Morgan fingerprint density at radius 3 is 2.68 bits per heavy atom. The number of hydrogen-bond acceptors (Lipinski definition) is 4. The van der Waals surface area contributed by atoms with Crippen LogP contribution in [0.3, 0.4) is 0 Å². The number of carbonyl (C=O) groups is 1. The van der Waals surface area contributed by atoms with Gasteiger partial charge in [-0.05, 0) is 54.4 Å². The Labute approximate surface area is 196 Å². The summed E-state index contributed by atoms with van der Waals surface area (Å²) in [5.41, 5.74) is 1.95. The molecule has 0 saturated heterocycles. The number of anilines is 1. The van der Waals surface area contributed by atoms with Crippen LogP contribution in [0.1, 0.15) is 21.7 Å². The van der Waals surface area contributed by atoms with Gasteiger partial charge in [0, 0.05) is 11.1 Å². The molecule has 0 fully saturated rings. The van der Waals surface area contributed by atoms with Gasteiger partial charge in [-0.2, -0.15) is 4.98 Å². The lowest BCUT2D eigenvalue weighted by molar-refractivity contribution is 0.101. The fourth-order valence-corrected chi connectivity index (χ4v) is 3.93. The predicted octanol–water partition coefficient (Wildman–Crippen LogP) is 4.58. The molecule has 5 aromatic rings. The molecule has 3 aromatic carbocycles. The molecule has 2 aromatic heterocycles. The second-order valence-electron chi connectivity index (χ2n) is 7.76. The topological polar surface area (TPSA) is 81.3 Å². The highest BCUT2D eigenvalue weighted by atomic mass is 35.5. The molecule has 0 aliphatic heterocycles. The highest BCUT2D eigenvalue weighted by molar-refractivity contribution is 6.30. The average molecular weight is 480 g/mol. The summed E-state index contributed by atoms with van der Waals surface area (Å²) in [6.07, 6.45) is 0. The van der Waals surface area contributed by atoms with E-state index < -0.39 is 23.1 Å². The third kappa shape index (κ3) is 3.90. The fraction of sp³-hybridized carbons (Fsp3) is 0.0833. The van der Waals surface area contributed by atoms with Crippen molar-refractivity contribution in [2.24, 2.45) is 0 Å². The molecule has 2 heterocycles. The first-order valence-corrected chi connectivity index (χ1v) is 10.6. The van der Waals surface area contributed by atoms with E-state index in [0.29, 0.717) is 16.1 Å². The monoisotopic (exact) mass is 479 g/mol. The third-order valence-corrected chi connectivity index (χ3v) is 5.54. The highest BCUT2D eigenvalue weighted by Gasteiger charge is 2.20. The summed E-state index contributed by atoms with van der Waals surface area (Å²) < 4.78 is 30.2. The van der Waals surface area contributed by atoms with Crippen molar-refractivity contribution >= 4 is 39.9 Å². The van der Waals surface area contributed by atoms with Gasteiger partial charge >= 0.3 is 0 Å². The van der Waals surface area contributed by atoms with Gasteiger partial charge in [0.25, 0.3) is 11.5 Å². The second kappa shape index (κ2) is 8.35. The van der Waals surface area contributed by atoms with E-state index in [0.717, 1.165) is 29.3 Å². The van der Waals surface area contributed by atoms with Crippen molar-refractivity contribution in [2.75, 3.05) is 5.32 Å². The van der Waals surface area contributed by atoms with Crippen molar-refractivity contribution in [3.05, 3.63) is 105 Å². The van der Waals surface area contributed by atoms with Crippen LogP contribution >= 0.6 is 11.6 Å². The number of halogens is 3. The lowest BCUT2D eigenvalue weighted by Gasteiger charge is -2.12. The van der Waals surface area contributed by atoms with Crippen molar-refractivity contribution in [2.45, 2.75) is 13.5 Å². The Morgan fingerprint density at radius 1 is 1.06 bits per heavy atom. The Hall–Kier alpha value is -4.11. The van der Waals surface area contributed by atoms with Crippen molar-refractivity contribution in [3.8, 4) is 0 Å². The summed E-state index contributed by atoms with van der Waals surface area (Å²) in [6.45, 7) is 2.12. The number of aryl methyl sites for hydroxylation is 1. The molecule has 34 heavy (non-hydrogen) atoms. The molecule has 1 amide bonds. The first-order valence-electron chi connectivity index (χ1n) is 10.2. The normalized spacial score (nSPS) is 11.3. The summed E-state index contributed by atoms with van der Waals surface area (Å²) >= 11 is 6.11. The quantitative estimate of drug-likeness (QED) is 0.409. The lowest BCUT2D eigenvalue weighted by Crippen LogP contribution is -2.24. The van der Waals surface area contributed by atoms with Crippen LogP contribution in [-0.2, 0) is 6.54 Å². The Balaban J connectivity index is 1.65. The zero-order valence-electron chi connectivity index (χ0n) is 17.7. The summed E-state index contributed by atoms with van der Waals surface area (Å²) in [6, 6.07) is 15.3. The third-order valence-electron chi connectivity index (χ3n) is 5.30. The number of fused-ring (bicyclic) bond motifs is 3. The molecule has 0 radical (unpaired) electrons. The number of nitrogens with one attached hydrogen (secondary N) is 1. The zero-order valence-corrected chi connectivity index (χ0v) is 18.5. The van der Waals surface area contributed by atoms with Gasteiger partial charge in [-0.3, -0.25) is 14.2 Å². The number of benzene rings is 3. The molecule has 0 aliphatic rings. The first kappa shape index (κ1) is 21.7. The molecular formula is C24H16ClF2N5O2. The fourth-order valence-electron chi connectivity index (χ4n) is 3.72. The summed E-state index contributed by atoms with van der Waals surface area (Å²) in [5.74, 6) is -2.77. The van der Waals surface area contributed by atoms with Gasteiger partial charge in [0.1, 0.15) is 11.6 Å². The molecule has 0 atom stereocenters. The molecule has 0 bridgehead atoms. The van der Waals surface area contributed by atoms with E-state index in [4.69, 9.17) is 11.6 Å². The van der Waals surface area contributed by atoms with Crippen LogP contribution in [0, 0.1) is 18.6 Å².